The van der Waals surface area contributed by atoms with Gasteiger partial charge in [-0.2, -0.15) is 4.98 Å². The number of rotatable bonds is 3. The van der Waals surface area contributed by atoms with E-state index in [4.69, 9.17) is 28.2 Å². The zero-order valence-electron chi connectivity index (χ0n) is 18.3. The van der Waals surface area contributed by atoms with Gasteiger partial charge in [-0.05, 0) is 67.3 Å². The summed E-state index contributed by atoms with van der Waals surface area (Å²) in [6.07, 6.45) is 0. The van der Waals surface area contributed by atoms with Crippen LogP contribution in [0.25, 0.3) is 21.3 Å². The molecule has 0 amide bonds. The summed E-state index contributed by atoms with van der Waals surface area (Å²) in [6, 6.07) is 14.7. The third-order valence-corrected chi connectivity index (χ3v) is 7.63. The van der Waals surface area contributed by atoms with Crippen molar-refractivity contribution >= 4 is 56.3 Å². The predicted molar refractivity (Wildman–Crippen MR) is 138 cm³/mol. The second-order valence-corrected chi connectivity index (χ2v) is 10.3. The van der Waals surface area contributed by atoms with Gasteiger partial charge < -0.3 is 9.80 Å². The molecule has 0 saturated carbocycles. The minimum atomic E-state index is 0.303. The van der Waals surface area contributed by atoms with E-state index in [-0.39, 0.29) is 0 Å². The molecular formula is C25H24Cl2N4S. The molecule has 0 radical (unpaired) electrons. The van der Waals surface area contributed by atoms with Gasteiger partial charge >= 0.3 is 0 Å². The third kappa shape index (κ3) is 3.94. The Morgan fingerprint density at radius 2 is 1.59 bits per heavy atom. The average molecular weight is 483 g/mol. The van der Waals surface area contributed by atoms with Crippen molar-refractivity contribution in [1.82, 2.24) is 9.97 Å². The van der Waals surface area contributed by atoms with Crippen molar-refractivity contribution in [3.8, 4) is 11.1 Å². The monoisotopic (exact) mass is 482 g/mol. The topological polar surface area (TPSA) is 32.3 Å². The molecule has 7 heteroatoms. The number of hydrogen-bond acceptors (Lipinski definition) is 5. The fourth-order valence-corrected chi connectivity index (χ4v) is 5.83. The smallest absolute Gasteiger partial charge is 0.225 e. The third-order valence-electron chi connectivity index (χ3n) is 6.23. The van der Waals surface area contributed by atoms with E-state index in [0.717, 1.165) is 52.9 Å². The number of thiophene rings is 1. The van der Waals surface area contributed by atoms with Crippen LogP contribution in [0.1, 0.15) is 16.0 Å². The first-order chi connectivity index (χ1) is 15.4. The van der Waals surface area contributed by atoms with E-state index >= 15 is 0 Å². The molecule has 1 aliphatic heterocycles. The van der Waals surface area contributed by atoms with Crippen LogP contribution in [-0.4, -0.2) is 36.1 Å². The minimum absolute atomic E-state index is 0.303. The quantitative estimate of drug-likeness (QED) is 0.296. The Kier molecular flexibility index (Phi) is 5.74. The SMILES string of the molecule is Cc1ccc(-c2c(C)sc3nc(Cl)nc(N4CCN(c5cccc(Cl)c5)CC4)c23)cc1C. The number of benzene rings is 2. The van der Waals surface area contributed by atoms with Crippen molar-refractivity contribution in [1.29, 1.82) is 0 Å². The Labute approximate surface area is 202 Å². The molecule has 1 fully saturated rings. The van der Waals surface area contributed by atoms with Crippen molar-refractivity contribution in [2.75, 3.05) is 36.0 Å². The van der Waals surface area contributed by atoms with Gasteiger partial charge in [0.05, 0.1) is 5.39 Å². The first-order valence-corrected chi connectivity index (χ1v) is 12.3. The van der Waals surface area contributed by atoms with Gasteiger partial charge in [0.2, 0.25) is 5.28 Å². The Morgan fingerprint density at radius 1 is 0.844 bits per heavy atom. The highest BCUT2D eigenvalue weighted by molar-refractivity contribution is 7.19. The normalized spacial score (nSPS) is 14.4. The molecular weight excluding hydrogens is 459 g/mol. The summed E-state index contributed by atoms with van der Waals surface area (Å²) in [4.78, 5) is 16.2. The van der Waals surface area contributed by atoms with Crippen LogP contribution in [-0.2, 0) is 0 Å². The van der Waals surface area contributed by atoms with Gasteiger partial charge in [-0.1, -0.05) is 35.9 Å². The Bertz CT molecular complexity index is 1310. The molecule has 0 spiro atoms. The maximum absolute atomic E-state index is 6.37. The zero-order valence-corrected chi connectivity index (χ0v) is 20.7. The molecule has 32 heavy (non-hydrogen) atoms. The van der Waals surface area contributed by atoms with Gasteiger partial charge in [-0.25, -0.2) is 4.98 Å². The first-order valence-electron chi connectivity index (χ1n) is 10.7. The zero-order chi connectivity index (χ0) is 22.4. The summed E-state index contributed by atoms with van der Waals surface area (Å²) in [5.41, 5.74) is 6.17. The summed E-state index contributed by atoms with van der Waals surface area (Å²) in [7, 11) is 0. The van der Waals surface area contributed by atoms with Gasteiger partial charge in [0.15, 0.2) is 0 Å². The van der Waals surface area contributed by atoms with E-state index in [0.29, 0.717) is 5.28 Å². The summed E-state index contributed by atoms with van der Waals surface area (Å²) >= 11 is 14.3. The van der Waals surface area contributed by atoms with Crippen molar-refractivity contribution in [3.05, 3.63) is 68.8 Å². The summed E-state index contributed by atoms with van der Waals surface area (Å²) in [5.74, 6) is 0.934. The molecule has 0 N–H and O–H groups in total. The molecule has 0 bridgehead atoms. The number of nitrogens with zero attached hydrogens (tertiary/aromatic N) is 4. The number of halogens is 2. The fourth-order valence-electron chi connectivity index (χ4n) is 4.39. The van der Waals surface area contributed by atoms with E-state index in [9.17, 15) is 0 Å². The molecule has 1 aliphatic rings. The molecule has 0 unspecified atom stereocenters. The molecule has 0 atom stereocenters. The summed E-state index contributed by atoms with van der Waals surface area (Å²) in [5, 5.41) is 2.18. The highest BCUT2D eigenvalue weighted by atomic mass is 35.5. The van der Waals surface area contributed by atoms with Crippen molar-refractivity contribution in [2.24, 2.45) is 0 Å². The van der Waals surface area contributed by atoms with Gasteiger partial charge in [0.1, 0.15) is 10.6 Å². The molecule has 4 nitrogen and oxygen atoms in total. The standard InChI is InChI=1S/C25H24Cl2N4S/c1-15-7-8-18(13-16(15)2)21-17(3)32-24-22(21)23(28-25(27)29-24)31-11-9-30(10-12-31)20-6-4-5-19(26)14-20/h4-8,13-14H,9-12H2,1-3H3. The van der Waals surface area contributed by atoms with Gasteiger partial charge in [-0.3, -0.25) is 0 Å². The van der Waals surface area contributed by atoms with E-state index in [2.05, 4.69) is 59.8 Å². The van der Waals surface area contributed by atoms with Crippen LogP contribution >= 0.6 is 34.5 Å². The molecule has 164 valence electrons. The second-order valence-electron chi connectivity index (χ2n) is 8.28. The highest BCUT2D eigenvalue weighted by Gasteiger charge is 2.25. The number of fused-ring (bicyclic) bond motifs is 1. The van der Waals surface area contributed by atoms with Crippen LogP contribution in [0.3, 0.4) is 0 Å². The van der Waals surface area contributed by atoms with E-state index < -0.39 is 0 Å². The van der Waals surface area contributed by atoms with Gasteiger partial charge in [0.25, 0.3) is 0 Å². The Balaban J connectivity index is 1.54. The molecule has 1 saturated heterocycles. The molecule has 3 heterocycles. The van der Waals surface area contributed by atoms with Crippen molar-refractivity contribution in [2.45, 2.75) is 20.8 Å². The molecule has 4 aromatic rings. The van der Waals surface area contributed by atoms with E-state index in [1.165, 1.54) is 27.1 Å². The van der Waals surface area contributed by atoms with Crippen LogP contribution in [0.15, 0.2) is 42.5 Å². The van der Waals surface area contributed by atoms with E-state index in [1.54, 1.807) is 11.3 Å². The van der Waals surface area contributed by atoms with Crippen LogP contribution < -0.4 is 9.80 Å². The summed E-state index contributed by atoms with van der Waals surface area (Å²) < 4.78 is 0. The number of aromatic nitrogens is 2. The fraction of sp³-hybridized carbons (Fsp3) is 0.280. The van der Waals surface area contributed by atoms with Gasteiger partial charge in [0, 0.05) is 47.3 Å². The van der Waals surface area contributed by atoms with E-state index in [1.807, 2.05) is 18.2 Å². The van der Waals surface area contributed by atoms with Crippen LogP contribution in [0.5, 0.6) is 0 Å². The lowest BCUT2D eigenvalue weighted by molar-refractivity contribution is 0.649. The molecule has 2 aromatic carbocycles. The lowest BCUT2D eigenvalue weighted by Gasteiger charge is -2.37. The molecule has 5 rings (SSSR count). The summed E-state index contributed by atoms with van der Waals surface area (Å²) in [6.45, 7) is 9.96. The number of piperazine rings is 1. The Hall–Kier alpha value is -2.34. The minimum Gasteiger partial charge on any atom is -0.368 e. The van der Waals surface area contributed by atoms with Crippen molar-refractivity contribution in [3.63, 3.8) is 0 Å². The maximum atomic E-state index is 6.37. The lowest BCUT2D eigenvalue weighted by atomic mass is 9.99. The van der Waals surface area contributed by atoms with Gasteiger partial charge in [-0.15, -0.1) is 11.3 Å². The van der Waals surface area contributed by atoms with Crippen LogP contribution in [0, 0.1) is 20.8 Å². The highest BCUT2D eigenvalue weighted by Crippen LogP contribution is 2.43. The lowest BCUT2D eigenvalue weighted by Crippen LogP contribution is -2.47. The van der Waals surface area contributed by atoms with Crippen molar-refractivity contribution < 1.29 is 0 Å². The molecule has 0 aliphatic carbocycles. The number of hydrogen-bond donors (Lipinski definition) is 0. The second kappa shape index (κ2) is 8.54. The number of aryl methyl sites for hydroxylation is 3. The van der Waals surface area contributed by atoms with Crippen LogP contribution in [0.4, 0.5) is 11.5 Å². The number of anilines is 2. The van der Waals surface area contributed by atoms with Crippen LogP contribution in [0.2, 0.25) is 10.3 Å². The Morgan fingerprint density at radius 3 is 2.31 bits per heavy atom. The molecule has 2 aromatic heterocycles. The first kappa shape index (κ1) is 21.5. The largest absolute Gasteiger partial charge is 0.368 e. The predicted octanol–water partition coefficient (Wildman–Crippen LogP) is 6.92. The average Bonchev–Trinajstić information content (AvgIpc) is 3.10. The maximum Gasteiger partial charge on any atom is 0.225 e.